The molecule has 0 aliphatic carbocycles. The Morgan fingerprint density at radius 1 is 1.39 bits per heavy atom. The van der Waals surface area contributed by atoms with Crippen molar-refractivity contribution < 1.29 is 9.21 Å². The van der Waals surface area contributed by atoms with Crippen LogP contribution in [0.1, 0.15) is 22.8 Å². The molecule has 1 heterocycles. The predicted octanol–water partition coefficient (Wildman–Crippen LogP) is 3.29. The lowest BCUT2D eigenvalue weighted by Gasteiger charge is -2.13. The second kappa shape index (κ2) is 5.74. The average Bonchev–Trinajstić information content (AvgIpc) is 2.82. The van der Waals surface area contributed by atoms with Crippen molar-refractivity contribution in [3.05, 3.63) is 59.0 Å². The van der Waals surface area contributed by atoms with Gasteiger partial charge in [0.15, 0.2) is 0 Å². The third kappa shape index (κ3) is 3.14. The van der Waals surface area contributed by atoms with Crippen LogP contribution in [-0.2, 0) is 6.42 Å². The van der Waals surface area contributed by atoms with Crippen LogP contribution in [0.4, 0.5) is 0 Å². The van der Waals surface area contributed by atoms with Gasteiger partial charge in [-0.3, -0.25) is 4.79 Å². The maximum atomic E-state index is 12.0. The lowest BCUT2D eigenvalue weighted by Crippen LogP contribution is -2.34. The standard InChI is InChI=1S/C14H14ClNO2/c1-10(8-11-6-7-18-9-11)16-14(17)12-4-2-3-5-13(12)15/h2-7,9-10H,8H2,1H3,(H,16,17). The highest BCUT2D eigenvalue weighted by Gasteiger charge is 2.13. The van der Waals surface area contributed by atoms with Crippen molar-refractivity contribution in [3.63, 3.8) is 0 Å². The van der Waals surface area contributed by atoms with E-state index in [1.54, 1.807) is 36.8 Å². The number of amides is 1. The summed E-state index contributed by atoms with van der Waals surface area (Å²) in [6.07, 6.45) is 4.03. The van der Waals surface area contributed by atoms with E-state index >= 15 is 0 Å². The molecule has 0 radical (unpaired) electrons. The Balaban J connectivity index is 1.97. The lowest BCUT2D eigenvalue weighted by atomic mass is 10.1. The smallest absolute Gasteiger partial charge is 0.253 e. The third-order valence-electron chi connectivity index (χ3n) is 2.62. The fraction of sp³-hybridized carbons (Fsp3) is 0.214. The Hall–Kier alpha value is -1.74. The summed E-state index contributed by atoms with van der Waals surface area (Å²) in [5, 5.41) is 3.37. The molecule has 1 aromatic carbocycles. The van der Waals surface area contributed by atoms with Crippen molar-refractivity contribution in [1.82, 2.24) is 5.32 Å². The van der Waals surface area contributed by atoms with Crippen molar-refractivity contribution in [2.75, 3.05) is 0 Å². The van der Waals surface area contributed by atoms with Crippen LogP contribution < -0.4 is 5.32 Å². The molecule has 0 saturated carbocycles. The van der Waals surface area contributed by atoms with E-state index in [9.17, 15) is 4.79 Å². The molecule has 0 aliphatic heterocycles. The summed E-state index contributed by atoms with van der Waals surface area (Å²) in [5.41, 5.74) is 1.56. The minimum Gasteiger partial charge on any atom is -0.472 e. The van der Waals surface area contributed by atoms with Gasteiger partial charge in [-0.2, -0.15) is 0 Å². The van der Waals surface area contributed by atoms with Gasteiger partial charge in [0.25, 0.3) is 5.91 Å². The maximum Gasteiger partial charge on any atom is 0.253 e. The van der Waals surface area contributed by atoms with E-state index in [-0.39, 0.29) is 11.9 Å². The van der Waals surface area contributed by atoms with Gasteiger partial charge < -0.3 is 9.73 Å². The van der Waals surface area contributed by atoms with Gasteiger partial charge >= 0.3 is 0 Å². The Kier molecular flexibility index (Phi) is 4.05. The number of carbonyl (C=O) groups is 1. The fourth-order valence-electron chi connectivity index (χ4n) is 1.76. The van der Waals surface area contributed by atoms with Gasteiger partial charge in [0.05, 0.1) is 23.1 Å². The van der Waals surface area contributed by atoms with Gasteiger partial charge in [-0.25, -0.2) is 0 Å². The molecule has 1 aromatic heterocycles. The van der Waals surface area contributed by atoms with Gasteiger partial charge in [-0.05, 0) is 37.1 Å². The van der Waals surface area contributed by atoms with Crippen LogP contribution in [-0.4, -0.2) is 11.9 Å². The van der Waals surface area contributed by atoms with Crippen LogP contribution in [0.2, 0.25) is 5.02 Å². The van der Waals surface area contributed by atoms with Crippen molar-refractivity contribution >= 4 is 17.5 Å². The second-order valence-electron chi connectivity index (χ2n) is 4.19. The topological polar surface area (TPSA) is 42.2 Å². The molecule has 1 amide bonds. The molecule has 1 unspecified atom stereocenters. The Morgan fingerprint density at radius 2 is 2.17 bits per heavy atom. The van der Waals surface area contributed by atoms with Crippen molar-refractivity contribution in [2.24, 2.45) is 0 Å². The zero-order chi connectivity index (χ0) is 13.0. The summed E-state index contributed by atoms with van der Waals surface area (Å²) < 4.78 is 4.99. The number of hydrogen-bond acceptors (Lipinski definition) is 2. The molecule has 0 aliphatic rings. The van der Waals surface area contributed by atoms with Gasteiger partial charge in [-0.15, -0.1) is 0 Å². The number of carbonyl (C=O) groups excluding carboxylic acids is 1. The highest BCUT2D eigenvalue weighted by Crippen LogP contribution is 2.15. The summed E-state index contributed by atoms with van der Waals surface area (Å²) in [6.45, 7) is 1.95. The minimum atomic E-state index is -0.156. The zero-order valence-electron chi connectivity index (χ0n) is 10.0. The number of halogens is 1. The van der Waals surface area contributed by atoms with E-state index in [2.05, 4.69) is 5.32 Å². The molecule has 0 spiro atoms. The molecule has 0 saturated heterocycles. The Morgan fingerprint density at radius 3 is 2.83 bits per heavy atom. The molecule has 2 aromatic rings. The van der Waals surface area contributed by atoms with Crippen LogP contribution in [0.25, 0.3) is 0 Å². The first-order valence-corrected chi connectivity index (χ1v) is 6.11. The van der Waals surface area contributed by atoms with Crippen LogP contribution in [0, 0.1) is 0 Å². The lowest BCUT2D eigenvalue weighted by molar-refractivity contribution is 0.0940. The maximum absolute atomic E-state index is 12.0. The zero-order valence-corrected chi connectivity index (χ0v) is 10.8. The average molecular weight is 264 g/mol. The fourth-order valence-corrected chi connectivity index (χ4v) is 1.98. The highest BCUT2D eigenvalue weighted by atomic mass is 35.5. The van der Waals surface area contributed by atoms with E-state index in [1.807, 2.05) is 13.0 Å². The van der Waals surface area contributed by atoms with Gasteiger partial charge in [0.2, 0.25) is 0 Å². The quantitative estimate of drug-likeness (QED) is 0.920. The molecule has 18 heavy (non-hydrogen) atoms. The van der Waals surface area contributed by atoms with E-state index in [0.717, 1.165) is 12.0 Å². The second-order valence-corrected chi connectivity index (χ2v) is 4.60. The SMILES string of the molecule is CC(Cc1ccoc1)NC(=O)c1ccccc1Cl. The minimum absolute atomic E-state index is 0.0198. The van der Waals surface area contributed by atoms with E-state index in [4.69, 9.17) is 16.0 Å². The summed E-state index contributed by atoms with van der Waals surface area (Å²) in [5.74, 6) is -0.156. The van der Waals surface area contributed by atoms with Gasteiger partial charge in [-0.1, -0.05) is 23.7 Å². The molecular formula is C14H14ClNO2. The van der Waals surface area contributed by atoms with Gasteiger partial charge in [0, 0.05) is 6.04 Å². The number of hydrogen-bond donors (Lipinski definition) is 1. The summed E-state index contributed by atoms with van der Waals surface area (Å²) in [6, 6.07) is 8.92. The highest BCUT2D eigenvalue weighted by molar-refractivity contribution is 6.33. The summed E-state index contributed by atoms with van der Waals surface area (Å²) >= 11 is 5.97. The first-order valence-electron chi connectivity index (χ1n) is 5.73. The number of nitrogens with one attached hydrogen (secondary N) is 1. The van der Waals surface area contributed by atoms with Crippen molar-refractivity contribution in [2.45, 2.75) is 19.4 Å². The van der Waals surface area contributed by atoms with Crippen LogP contribution in [0.15, 0.2) is 47.3 Å². The largest absolute Gasteiger partial charge is 0.472 e. The third-order valence-corrected chi connectivity index (χ3v) is 2.95. The van der Waals surface area contributed by atoms with Crippen LogP contribution in [0.5, 0.6) is 0 Å². The first kappa shape index (κ1) is 12.7. The summed E-state index contributed by atoms with van der Waals surface area (Å²) in [4.78, 5) is 12.0. The van der Waals surface area contributed by atoms with Crippen molar-refractivity contribution in [1.29, 1.82) is 0 Å². The van der Waals surface area contributed by atoms with E-state index in [0.29, 0.717) is 10.6 Å². The number of furan rings is 1. The molecule has 4 heteroatoms. The molecule has 2 rings (SSSR count). The first-order chi connectivity index (χ1) is 8.66. The summed E-state index contributed by atoms with van der Waals surface area (Å²) in [7, 11) is 0. The molecule has 0 bridgehead atoms. The van der Waals surface area contributed by atoms with Crippen molar-refractivity contribution in [3.8, 4) is 0 Å². The Bertz CT molecular complexity index is 522. The van der Waals surface area contributed by atoms with Gasteiger partial charge in [0.1, 0.15) is 0 Å². The number of rotatable bonds is 4. The number of benzene rings is 1. The monoisotopic (exact) mass is 263 g/mol. The van der Waals surface area contributed by atoms with E-state index < -0.39 is 0 Å². The molecule has 1 N–H and O–H groups in total. The Labute approximate surface area is 111 Å². The predicted molar refractivity (Wildman–Crippen MR) is 70.8 cm³/mol. The van der Waals surface area contributed by atoms with E-state index in [1.165, 1.54) is 0 Å². The van der Waals surface area contributed by atoms with Crippen LogP contribution >= 0.6 is 11.6 Å². The molecular weight excluding hydrogens is 250 g/mol. The molecule has 3 nitrogen and oxygen atoms in total. The normalized spacial score (nSPS) is 12.1. The molecule has 0 fully saturated rings. The molecule has 94 valence electrons. The molecule has 1 atom stereocenters. The van der Waals surface area contributed by atoms with Crippen LogP contribution in [0.3, 0.4) is 0 Å².